The van der Waals surface area contributed by atoms with Crippen molar-refractivity contribution in [3.8, 4) is 0 Å². The predicted octanol–water partition coefficient (Wildman–Crippen LogP) is 2.54. The summed E-state index contributed by atoms with van der Waals surface area (Å²) in [6, 6.07) is 0. The van der Waals surface area contributed by atoms with Gasteiger partial charge in [-0.25, -0.2) is 0 Å². The average molecular weight is 130 g/mol. The van der Waals surface area contributed by atoms with Crippen LogP contribution >= 0.6 is 11.8 Å². The Hall–Kier alpha value is 0.350. The number of hydrogen-bond acceptors (Lipinski definition) is 1. The maximum atomic E-state index is 2.29. The molecule has 0 aliphatic heterocycles. The van der Waals surface area contributed by atoms with E-state index in [0.29, 0.717) is 0 Å². The van der Waals surface area contributed by atoms with E-state index in [-0.39, 0.29) is 0 Å². The first-order valence-electron chi connectivity index (χ1n) is 3.41. The first-order valence-corrected chi connectivity index (χ1v) is 4.70. The van der Waals surface area contributed by atoms with Crippen LogP contribution in [-0.4, -0.2) is 11.5 Å². The van der Waals surface area contributed by atoms with E-state index in [9.17, 15) is 0 Å². The van der Waals surface area contributed by atoms with Crippen LogP contribution in [0.5, 0.6) is 0 Å². The fourth-order valence-electron chi connectivity index (χ4n) is 1.16. The minimum Gasteiger partial charge on any atom is -0.162 e. The largest absolute Gasteiger partial charge is 0.162 e. The molecule has 1 aliphatic carbocycles. The molecule has 0 radical (unpaired) electrons. The standard InChI is InChI=1S/C7H14S/c1-3-7(8-2)6-4-5-6/h6-7H,3-5H2,1-2H3. The maximum Gasteiger partial charge on any atom is 0.00699 e. The highest BCUT2D eigenvalue weighted by Crippen LogP contribution is 2.39. The average Bonchev–Trinajstić information content (AvgIpc) is 2.53. The van der Waals surface area contributed by atoms with Gasteiger partial charge in [0, 0.05) is 5.25 Å². The van der Waals surface area contributed by atoms with Gasteiger partial charge in [0.05, 0.1) is 0 Å². The van der Waals surface area contributed by atoms with Crippen LogP contribution in [0, 0.1) is 5.92 Å². The normalized spacial score (nSPS) is 23.2. The van der Waals surface area contributed by atoms with Crippen LogP contribution in [0.3, 0.4) is 0 Å². The molecular weight excluding hydrogens is 116 g/mol. The van der Waals surface area contributed by atoms with Crippen molar-refractivity contribution in [2.75, 3.05) is 6.26 Å². The van der Waals surface area contributed by atoms with Crippen molar-refractivity contribution >= 4 is 11.8 Å². The third kappa shape index (κ3) is 1.41. The summed E-state index contributed by atoms with van der Waals surface area (Å²) in [5, 5.41) is 0.981. The molecule has 8 heavy (non-hydrogen) atoms. The van der Waals surface area contributed by atoms with Crippen LogP contribution in [0.2, 0.25) is 0 Å². The molecule has 0 spiro atoms. The summed E-state index contributed by atoms with van der Waals surface area (Å²) in [7, 11) is 0. The second-order valence-electron chi connectivity index (χ2n) is 2.52. The first-order chi connectivity index (χ1) is 3.88. The van der Waals surface area contributed by atoms with E-state index >= 15 is 0 Å². The Balaban J connectivity index is 2.15. The Labute approximate surface area is 56.0 Å². The van der Waals surface area contributed by atoms with Crippen LogP contribution in [0.1, 0.15) is 26.2 Å². The van der Waals surface area contributed by atoms with Gasteiger partial charge < -0.3 is 0 Å². The molecule has 48 valence electrons. The summed E-state index contributed by atoms with van der Waals surface area (Å²) in [4.78, 5) is 0. The van der Waals surface area contributed by atoms with Crippen molar-refractivity contribution in [2.45, 2.75) is 31.4 Å². The lowest BCUT2D eigenvalue weighted by molar-refractivity contribution is 0.730. The van der Waals surface area contributed by atoms with Crippen LogP contribution in [-0.2, 0) is 0 Å². The molecule has 0 aromatic rings. The summed E-state index contributed by atoms with van der Waals surface area (Å²) in [6.07, 6.45) is 6.59. The zero-order chi connectivity index (χ0) is 5.98. The molecule has 0 bridgehead atoms. The van der Waals surface area contributed by atoms with Gasteiger partial charge in [0.1, 0.15) is 0 Å². The van der Waals surface area contributed by atoms with E-state index < -0.39 is 0 Å². The number of thioether (sulfide) groups is 1. The summed E-state index contributed by atoms with van der Waals surface area (Å²) >= 11 is 2.04. The van der Waals surface area contributed by atoms with Gasteiger partial charge in [-0.2, -0.15) is 11.8 Å². The van der Waals surface area contributed by atoms with Crippen molar-refractivity contribution in [1.29, 1.82) is 0 Å². The van der Waals surface area contributed by atoms with E-state index in [1.165, 1.54) is 19.3 Å². The summed E-state index contributed by atoms with van der Waals surface area (Å²) in [6.45, 7) is 2.29. The number of rotatable bonds is 3. The van der Waals surface area contributed by atoms with E-state index in [1.807, 2.05) is 11.8 Å². The minimum absolute atomic E-state index is 0.981. The third-order valence-corrected chi connectivity index (χ3v) is 3.18. The van der Waals surface area contributed by atoms with Crippen molar-refractivity contribution in [3.63, 3.8) is 0 Å². The van der Waals surface area contributed by atoms with Gasteiger partial charge in [0.15, 0.2) is 0 Å². The highest BCUT2D eigenvalue weighted by molar-refractivity contribution is 7.99. The molecule has 0 saturated heterocycles. The highest BCUT2D eigenvalue weighted by atomic mass is 32.2. The fourth-order valence-corrected chi connectivity index (χ4v) is 2.15. The van der Waals surface area contributed by atoms with Gasteiger partial charge in [0.25, 0.3) is 0 Å². The predicted molar refractivity (Wildman–Crippen MR) is 40.3 cm³/mol. The smallest absolute Gasteiger partial charge is 0.00699 e. The van der Waals surface area contributed by atoms with Crippen LogP contribution in [0.25, 0.3) is 0 Å². The Bertz CT molecular complexity index is 62.8. The van der Waals surface area contributed by atoms with Crippen molar-refractivity contribution in [3.05, 3.63) is 0 Å². The minimum atomic E-state index is 0.981. The lowest BCUT2D eigenvalue weighted by Crippen LogP contribution is -2.00. The molecule has 1 fully saturated rings. The molecule has 1 atom stereocenters. The topological polar surface area (TPSA) is 0 Å². The molecule has 0 amide bonds. The second-order valence-corrected chi connectivity index (χ2v) is 3.60. The zero-order valence-corrected chi connectivity index (χ0v) is 6.50. The van der Waals surface area contributed by atoms with E-state index in [0.717, 1.165) is 11.2 Å². The van der Waals surface area contributed by atoms with Gasteiger partial charge in [-0.1, -0.05) is 6.92 Å². The van der Waals surface area contributed by atoms with Gasteiger partial charge in [-0.15, -0.1) is 0 Å². The summed E-state index contributed by atoms with van der Waals surface area (Å²) in [5.41, 5.74) is 0. The molecule has 0 aromatic carbocycles. The Kier molecular flexibility index (Phi) is 2.24. The monoisotopic (exact) mass is 130 g/mol. The molecule has 0 nitrogen and oxygen atoms in total. The van der Waals surface area contributed by atoms with E-state index in [2.05, 4.69) is 13.2 Å². The molecule has 0 N–H and O–H groups in total. The Morgan fingerprint density at radius 2 is 2.25 bits per heavy atom. The van der Waals surface area contributed by atoms with Crippen LogP contribution in [0.15, 0.2) is 0 Å². The Morgan fingerprint density at radius 3 is 2.38 bits per heavy atom. The van der Waals surface area contributed by atoms with Gasteiger partial charge in [-0.3, -0.25) is 0 Å². The maximum absolute atomic E-state index is 2.29. The molecule has 1 aliphatic rings. The molecule has 1 rings (SSSR count). The fraction of sp³-hybridized carbons (Fsp3) is 1.00. The highest BCUT2D eigenvalue weighted by Gasteiger charge is 2.28. The lowest BCUT2D eigenvalue weighted by atomic mass is 10.2. The molecular formula is C7H14S. The zero-order valence-electron chi connectivity index (χ0n) is 5.68. The van der Waals surface area contributed by atoms with Crippen molar-refractivity contribution < 1.29 is 0 Å². The van der Waals surface area contributed by atoms with E-state index in [1.54, 1.807) is 0 Å². The van der Waals surface area contributed by atoms with Crippen LogP contribution < -0.4 is 0 Å². The lowest BCUT2D eigenvalue weighted by Gasteiger charge is -2.07. The van der Waals surface area contributed by atoms with Crippen molar-refractivity contribution in [1.82, 2.24) is 0 Å². The molecule has 1 heteroatoms. The molecule has 0 heterocycles. The third-order valence-electron chi connectivity index (χ3n) is 1.85. The summed E-state index contributed by atoms with van der Waals surface area (Å²) < 4.78 is 0. The molecule has 0 aromatic heterocycles. The van der Waals surface area contributed by atoms with Crippen molar-refractivity contribution in [2.24, 2.45) is 5.92 Å². The van der Waals surface area contributed by atoms with Gasteiger partial charge >= 0.3 is 0 Å². The first kappa shape index (κ1) is 6.47. The molecule has 1 unspecified atom stereocenters. The number of hydrogen-bond donors (Lipinski definition) is 0. The quantitative estimate of drug-likeness (QED) is 0.565. The SMILES string of the molecule is CCC(SC)C1CC1. The van der Waals surface area contributed by atoms with Gasteiger partial charge in [-0.05, 0) is 31.4 Å². The van der Waals surface area contributed by atoms with E-state index in [4.69, 9.17) is 0 Å². The van der Waals surface area contributed by atoms with Gasteiger partial charge in [0.2, 0.25) is 0 Å². The molecule has 1 saturated carbocycles. The van der Waals surface area contributed by atoms with Crippen LogP contribution in [0.4, 0.5) is 0 Å². The summed E-state index contributed by atoms with van der Waals surface area (Å²) in [5.74, 6) is 1.09. The second kappa shape index (κ2) is 2.77. The Morgan fingerprint density at radius 1 is 1.62 bits per heavy atom.